The molecule has 21 heavy (non-hydrogen) atoms. The molecule has 5 nitrogen and oxygen atoms in total. The number of amides is 2. The van der Waals surface area contributed by atoms with Gasteiger partial charge in [0.15, 0.2) is 0 Å². The molecule has 1 saturated heterocycles. The van der Waals surface area contributed by atoms with Gasteiger partial charge in [-0.05, 0) is 25.3 Å². The van der Waals surface area contributed by atoms with Crippen molar-refractivity contribution in [1.29, 1.82) is 0 Å². The van der Waals surface area contributed by atoms with E-state index in [1.165, 1.54) is 0 Å². The molecule has 0 aromatic heterocycles. The third-order valence-corrected chi connectivity index (χ3v) is 3.66. The van der Waals surface area contributed by atoms with Gasteiger partial charge in [-0.25, -0.2) is 0 Å². The Balaban J connectivity index is 0.00000400. The number of nitrogens with zero attached hydrogens (tertiary/aromatic N) is 2. The highest BCUT2D eigenvalue weighted by atomic mass is 79.9. The molecule has 2 N–H and O–H groups in total. The summed E-state index contributed by atoms with van der Waals surface area (Å²) in [4.78, 5) is 27.7. The van der Waals surface area contributed by atoms with Gasteiger partial charge in [0.25, 0.3) is 0 Å². The monoisotopic (exact) mass is 363 g/mol. The fourth-order valence-electron chi connectivity index (χ4n) is 2.44. The second-order valence-electron chi connectivity index (χ2n) is 5.96. The molecule has 0 radical (unpaired) electrons. The van der Waals surface area contributed by atoms with Gasteiger partial charge in [-0.15, -0.1) is 17.0 Å². The Morgan fingerprint density at radius 1 is 0.952 bits per heavy atom. The molecule has 0 aromatic rings. The summed E-state index contributed by atoms with van der Waals surface area (Å²) in [5.41, 5.74) is 5.43. The van der Waals surface area contributed by atoms with Crippen molar-refractivity contribution in [3.63, 3.8) is 0 Å². The minimum Gasteiger partial charge on any atom is -0.339 e. The molecule has 0 unspecified atom stereocenters. The summed E-state index contributed by atoms with van der Waals surface area (Å²) in [5.74, 6) is 0.831. The van der Waals surface area contributed by atoms with Crippen LogP contribution in [0.3, 0.4) is 0 Å². The Labute approximate surface area is 139 Å². The molecule has 0 atom stereocenters. The number of carbonyl (C=O) groups is 2. The van der Waals surface area contributed by atoms with E-state index >= 15 is 0 Å². The summed E-state index contributed by atoms with van der Waals surface area (Å²) < 4.78 is 0. The summed E-state index contributed by atoms with van der Waals surface area (Å²) in [5, 5.41) is 0. The Morgan fingerprint density at radius 3 is 1.95 bits per heavy atom. The van der Waals surface area contributed by atoms with Crippen LogP contribution in [0.15, 0.2) is 0 Å². The van der Waals surface area contributed by atoms with Crippen LogP contribution >= 0.6 is 17.0 Å². The van der Waals surface area contributed by atoms with Gasteiger partial charge >= 0.3 is 0 Å². The van der Waals surface area contributed by atoms with Gasteiger partial charge in [0.1, 0.15) is 0 Å². The molecule has 1 aliphatic heterocycles. The quantitative estimate of drug-likeness (QED) is 0.701. The molecule has 0 aliphatic carbocycles. The standard InChI is InChI=1S/C15H29N3O2.BrH/c1-13(2)12-15(20)18-10-8-17(9-11-18)14(19)6-4-3-5-7-16;/h13H,3-12,16H2,1-2H3;1H. The van der Waals surface area contributed by atoms with Crippen LogP contribution in [0.2, 0.25) is 0 Å². The Bertz CT molecular complexity index is 316. The van der Waals surface area contributed by atoms with Crippen molar-refractivity contribution in [2.24, 2.45) is 11.7 Å². The van der Waals surface area contributed by atoms with Crippen LogP contribution < -0.4 is 5.73 Å². The highest BCUT2D eigenvalue weighted by Crippen LogP contribution is 2.10. The highest BCUT2D eigenvalue weighted by Gasteiger charge is 2.23. The van der Waals surface area contributed by atoms with E-state index in [-0.39, 0.29) is 28.8 Å². The molecular weight excluding hydrogens is 334 g/mol. The first-order chi connectivity index (χ1) is 9.54. The maximum Gasteiger partial charge on any atom is 0.222 e. The van der Waals surface area contributed by atoms with Gasteiger partial charge in [-0.1, -0.05) is 20.3 Å². The first-order valence-electron chi connectivity index (χ1n) is 7.80. The molecule has 0 bridgehead atoms. The third kappa shape index (κ3) is 7.81. The van der Waals surface area contributed by atoms with E-state index in [1.807, 2.05) is 9.80 Å². The fraction of sp³-hybridized carbons (Fsp3) is 0.867. The number of rotatable bonds is 7. The van der Waals surface area contributed by atoms with Crippen LogP contribution in [-0.2, 0) is 9.59 Å². The van der Waals surface area contributed by atoms with E-state index in [2.05, 4.69) is 13.8 Å². The Morgan fingerprint density at radius 2 is 1.48 bits per heavy atom. The van der Waals surface area contributed by atoms with Crippen molar-refractivity contribution >= 4 is 28.8 Å². The zero-order valence-electron chi connectivity index (χ0n) is 13.3. The predicted octanol–water partition coefficient (Wildman–Crippen LogP) is 1.80. The topological polar surface area (TPSA) is 66.6 Å². The molecular formula is C15H30BrN3O2. The lowest BCUT2D eigenvalue weighted by Crippen LogP contribution is -2.50. The number of halogens is 1. The molecule has 1 aliphatic rings. The molecule has 0 saturated carbocycles. The van der Waals surface area contributed by atoms with E-state index in [9.17, 15) is 9.59 Å². The van der Waals surface area contributed by atoms with E-state index < -0.39 is 0 Å². The van der Waals surface area contributed by atoms with Gasteiger partial charge in [0.2, 0.25) is 11.8 Å². The van der Waals surface area contributed by atoms with E-state index in [0.717, 1.165) is 19.3 Å². The van der Waals surface area contributed by atoms with Crippen molar-refractivity contribution < 1.29 is 9.59 Å². The van der Waals surface area contributed by atoms with Gasteiger partial charge in [0.05, 0.1) is 0 Å². The number of hydrogen-bond acceptors (Lipinski definition) is 3. The number of carbonyl (C=O) groups excluding carboxylic acids is 2. The van der Waals surface area contributed by atoms with Crippen molar-refractivity contribution in [1.82, 2.24) is 9.80 Å². The van der Waals surface area contributed by atoms with Crippen molar-refractivity contribution in [3.8, 4) is 0 Å². The highest BCUT2D eigenvalue weighted by molar-refractivity contribution is 8.93. The largest absolute Gasteiger partial charge is 0.339 e. The number of unbranched alkanes of at least 4 members (excludes halogenated alkanes) is 2. The van der Waals surface area contributed by atoms with E-state index in [0.29, 0.717) is 51.5 Å². The molecule has 1 rings (SSSR count). The van der Waals surface area contributed by atoms with Gasteiger partial charge in [-0.3, -0.25) is 9.59 Å². The Kier molecular flexibility index (Phi) is 10.7. The summed E-state index contributed by atoms with van der Waals surface area (Å²) in [6.07, 6.45) is 4.15. The number of nitrogens with two attached hydrogens (primary N) is 1. The van der Waals surface area contributed by atoms with Crippen LogP contribution in [0.5, 0.6) is 0 Å². The molecule has 1 heterocycles. The van der Waals surface area contributed by atoms with Crippen LogP contribution in [0.25, 0.3) is 0 Å². The van der Waals surface area contributed by atoms with Crippen LogP contribution in [0.4, 0.5) is 0 Å². The molecule has 2 amide bonds. The fourth-order valence-corrected chi connectivity index (χ4v) is 2.44. The third-order valence-electron chi connectivity index (χ3n) is 3.66. The summed E-state index contributed by atoms with van der Waals surface area (Å²) >= 11 is 0. The molecule has 0 spiro atoms. The van der Waals surface area contributed by atoms with Crippen LogP contribution in [-0.4, -0.2) is 54.3 Å². The zero-order valence-corrected chi connectivity index (χ0v) is 15.1. The maximum absolute atomic E-state index is 12.0. The zero-order chi connectivity index (χ0) is 15.0. The van der Waals surface area contributed by atoms with Crippen molar-refractivity contribution in [3.05, 3.63) is 0 Å². The molecule has 1 fully saturated rings. The van der Waals surface area contributed by atoms with Crippen molar-refractivity contribution in [2.45, 2.75) is 46.0 Å². The molecule has 6 heteroatoms. The molecule has 124 valence electrons. The lowest BCUT2D eigenvalue weighted by molar-refractivity contribution is -0.140. The Hall–Kier alpha value is -0.620. The lowest BCUT2D eigenvalue weighted by atomic mass is 10.1. The smallest absolute Gasteiger partial charge is 0.222 e. The van der Waals surface area contributed by atoms with Crippen LogP contribution in [0.1, 0.15) is 46.0 Å². The maximum atomic E-state index is 12.0. The van der Waals surface area contributed by atoms with E-state index in [4.69, 9.17) is 5.73 Å². The van der Waals surface area contributed by atoms with Gasteiger partial charge in [-0.2, -0.15) is 0 Å². The first kappa shape index (κ1) is 20.4. The summed E-state index contributed by atoms with van der Waals surface area (Å²) in [6.45, 7) is 7.53. The average Bonchev–Trinajstić information content (AvgIpc) is 2.43. The average molecular weight is 364 g/mol. The van der Waals surface area contributed by atoms with Gasteiger partial charge < -0.3 is 15.5 Å². The van der Waals surface area contributed by atoms with Gasteiger partial charge in [0, 0.05) is 39.0 Å². The summed E-state index contributed by atoms with van der Waals surface area (Å²) in [6, 6.07) is 0. The second-order valence-corrected chi connectivity index (χ2v) is 5.96. The second kappa shape index (κ2) is 11.0. The van der Waals surface area contributed by atoms with E-state index in [1.54, 1.807) is 0 Å². The van der Waals surface area contributed by atoms with Crippen molar-refractivity contribution in [2.75, 3.05) is 32.7 Å². The minimum absolute atomic E-state index is 0. The molecule has 0 aromatic carbocycles. The summed E-state index contributed by atoms with van der Waals surface area (Å²) in [7, 11) is 0. The lowest BCUT2D eigenvalue weighted by Gasteiger charge is -2.35. The normalized spacial score (nSPS) is 15.0. The number of hydrogen-bond donors (Lipinski definition) is 1. The predicted molar refractivity (Wildman–Crippen MR) is 90.5 cm³/mol. The van der Waals surface area contributed by atoms with Crippen LogP contribution in [0, 0.1) is 5.92 Å². The number of piperazine rings is 1. The first-order valence-corrected chi connectivity index (χ1v) is 7.80. The SMILES string of the molecule is Br.CC(C)CC(=O)N1CCN(C(=O)CCCCCN)CC1. The minimum atomic E-state index is 0.